The molecule has 2 rings (SSSR count). The quantitative estimate of drug-likeness (QED) is 0.449. The molecule has 0 aromatic rings. The first kappa shape index (κ1) is 7.84. The van der Waals surface area contributed by atoms with E-state index in [4.69, 9.17) is 0 Å². The molecular formula is C10H18. The largest absolute Gasteiger partial charge is 0.0850 e. The highest BCUT2D eigenvalue weighted by molar-refractivity contribution is 5.15. The van der Waals surface area contributed by atoms with E-state index in [0.717, 1.165) is 5.92 Å². The van der Waals surface area contributed by atoms with Crippen molar-refractivity contribution in [3.63, 3.8) is 0 Å². The van der Waals surface area contributed by atoms with E-state index in [0.29, 0.717) is 0 Å². The molecule has 0 heterocycles. The number of fused-ring (bicyclic) bond motifs is 1. The maximum atomic E-state index is 2.46. The van der Waals surface area contributed by atoms with Crippen LogP contribution in [0.2, 0.25) is 0 Å². The summed E-state index contributed by atoms with van der Waals surface area (Å²) in [6.07, 6.45) is 9.68. The molecule has 1 saturated carbocycles. The van der Waals surface area contributed by atoms with E-state index >= 15 is 0 Å². The van der Waals surface area contributed by atoms with Gasteiger partial charge in [-0.15, -0.1) is 0 Å². The molecule has 0 saturated heterocycles. The van der Waals surface area contributed by atoms with Gasteiger partial charge in [-0.2, -0.15) is 0 Å². The van der Waals surface area contributed by atoms with E-state index in [1.807, 2.05) is 13.8 Å². The Labute approximate surface area is 64.3 Å². The van der Waals surface area contributed by atoms with E-state index in [-0.39, 0.29) is 0 Å². The van der Waals surface area contributed by atoms with Gasteiger partial charge in [-0.25, -0.2) is 0 Å². The first-order valence-corrected chi connectivity index (χ1v) is 4.66. The van der Waals surface area contributed by atoms with Crippen molar-refractivity contribution in [3.8, 4) is 0 Å². The van der Waals surface area contributed by atoms with Crippen molar-refractivity contribution < 1.29 is 0 Å². The maximum Gasteiger partial charge on any atom is -0.0200 e. The molecule has 2 aliphatic rings. The molecule has 0 aliphatic heterocycles. The smallest absolute Gasteiger partial charge is 0.0200 e. The van der Waals surface area contributed by atoms with Crippen LogP contribution in [0.15, 0.2) is 11.6 Å². The third-order valence-electron chi connectivity index (χ3n) is 2.46. The summed E-state index contributed by atoms with van der Waals surface area (Å²) >= 11 is 0. The Balaban J connectivity index is 0.000000231. The van der Waals surface area contributed by atoms with Crippen LogP contribution < -0.4 is 0 Å². The highest BCUT2D eigenvalue weighted by Gasteiger charge is 2.23. The minimum absolute atomic E-state index is 1.04. The van der Waals surface area contributed by atoms with Crippen molar-refractivity contribution in [1.29, 1.82) is 0 Å². The summed E-state index contributed by atoms with van der Waals surface area (Å²) in [5, 5.41) is 0. The van der Waals surface area contributed by atoms with Crippen LogP contribution in [0.5, 0.6) is 0 Å². The van der Waals surface area contributed by atoms with Gasteiger partial charge in [0.15, 0.2) is 0 Å². The predicted octanol–water partition coefficient (Wildman–Crippen LogP) is 3.53. The molecule has 1 unspecified atom stereocenters. The van der Waals surface area contributed by atoms with Gasteiger partial charge < -0.3 is 0 Å². The molecule has 1 atom stereocenters. The third kappa shape index (κ3) is 1.42. The van der Waals surface area contributed by atoms with Gasteiger partial charge in [-0.05, 0) is 38.0 Å². The summed E-state index contributed by atoms with van der Waals surface area (Å²) in [6, 6.07) is 0. The normalized spacial score (nSPS) is 28.6. The zero-order chi connectivity index (χ0) is 7.40. The standard InChI is InChI=1S/C8H12.C2H6/c1-3-7-5-2-6-8(7)4-1;1-2/h3,8H,1-2,4-6H2;1-2H3. The van der Waals surface area contributed by atoms with Crippen LogP contribution in [0.3, 0.4) is 0 Å². The van der Waals surface area contributed by atoms with Crippen LogP contribution in [-0.4, -0.2) is 0 Å². The van der Waals surface area contributed by atoms with Gasteiger partial charge in [-0.1, -0.05) is 25.5 Å². The SMILES string of the molecule is C1=C2CCCC2CC1.CC. The van der Waals surface area contributed by atoms with Crippen LogP contribution in [0.4, 0.5) is 0 Å². The number of hydrogen-bond acceptors (Lipinski definition) is 0. The van der Waals surface area contributed by atoms with Crippen LogP contribution >= 0.6 is 0 Å². The van der Waals surface area contributed by atoms with Gasteiger partial charge in [0.05, 0.1) is 0 Å². The van der Waals surface area contributed by atoms with E-state index in [1.165, 1.54) is 32.1 Å². The van der Waals surface area contributed by atoms with Crippen molar-refractivity contribution in [2.75, 3.05) is 0 Å². The van der Waals surface area contributed by atoms with Crippen LogP contribution in [-0.2, 0) is 0 Å². The van der Waals surface area contributed by atoms with Gasteiger partial charge in [0.2, 0.25) is 0 Å². The Kier molecular flexibility index (Phi) is 2.98. The third-order valence-corrected chi connectivity index (χ3v) is 2.46. The van der Waals surface area contributed by atoms with Crippen molar-refractivity contribution in [2.45, 2.75) is 46.0 Å². The summed E-state index contributed by atoms with van der Waals surface area (Å²) in [6.45, 7) is 4.00. The van der Waals surface area contributed by atoms with Gasteiger partial charge >= 0.3 is 0 Å². The molecule has 0 aromatic carbocycles. The predicted molar refractivity (Wildman–Crippen MR) is 46.0 cm³/mol. The lowest BCUT2D eigenvalue weighted by Gasteiger charge is -1.99. The van der Waals surface area contributed by atoms with Gasteiger partial charge in [0.25, 0.3) is 0 Å². The molecule has 0 heteroatoms. The van der Waals surface area contributed by atoms with Crippen LogP contribution in [0, 0.1) is 5.92 Å². The number of hydrogen-bond donors (Lipinski definition) is 0. The molecule has 58 valence electrons. The molecule has 0 N–H and O–H groups in total. The summed E-state index contributed by atoms with van der Waals surface area (Å²) in [4.78, 5) is 0. The van der Waals surface area contributed by atoms with E-state index in [2.05, 4.69) is 6.08 Å². The average Bonchev–Trinajstić information content (AvgIpc) is 2.49. The monoisotopic (exact) mass is 138 g/mol. The zero-order valence-corrected chi connectivity index (χ0v) is 7.19. The topological polar surface area (TPSA) is 0 Å². The second-order valence-corrected chi connectivity index (χ2v) is 2.95. The second kappa shape index (κ2) is 3.80. The lowest BCUT2D eigenvalue weighted by Crippen LogP contribution is -1.86. The molecule has 0 spiro atoms. The Hall–Kier alpha value is -0.260. The fraction of sp³-hybridized carbons (Fsp3) is 0.800. The first-order chi connectivity index (χ1) is 4.97. The zero-order valence-electron chi connectivity index (χ0n) is 7.19. The summed E-state index contributed by atoms with van der Waals surface area (Å²) < 4.78 is 0. The van der Waals surface area contributed by atoms with Crippen LogP contribution in [0.1, 0.15) is 46.0 Å². The van der Waals surface area contributed by atoms with Gasteiger partial charge in [-0.3, -0.25) is 0 Å². The van der Waals surface area contributed by atoms with Crippen molar-refractivity contribution in [1.82, 2.24) is 0 Å². The number of rotatable bonds is 0. The highest BCUT2D eigenvalue weighted by atomic mass is 14.3. The van der Waals surface area contributed by atoms with E-state index in [9.17, 15) is 0 Å². The Morgan fingerprint density at radius 2 is 2.10 bits per heavy atom. The van der Waals surface area contributed by atoms with E-state index in [1.54, 1.807) is 5.57 Å². The molecule has 1 fully saturated rings. The fourth-order valence-corrected chi connectivity index (χ4v) is 2.01. The summed E-state index contributed by atoms with van der Waals surface area (Å²) in [5.74, 6) is 1.04. The highest BCUT2D eigenvalue weighted by Crippen LogP contribution is 2.38. The molecule has 0 radical (unpaired) electrons. The summed E-state index contributed by atoms with van der Waals surface area (Å²) in [7, 11) is 0. The van der Waals surface area contributed by atoms with Crippen molar-refractivity contribution in [3.05, 3.63) is 11.6 Å². The Morgan fingerprint density at radius 3 is 2.80 bits per heavy atom. The van der Waals surface area contributed by atoms with Crippen LogP contribution in [0.25, 0.3) is 0 Å². The first-order valence-electron chi connectivity index (χ1n) is 4.66. The molecule has 10 heavy (non-hydrogen) atoms. The molecule has 0 nitrogen and oxygen atoms in total. The minimum atomic E-state index is 1.04. The van der Waals surface area contributed by atoms with Crippen molar-refractivity contribution >= 4 is 0 Å². The molecule has 0 aromatic heterocycles. The molecule has 0 bridgehead atoms. The summed E-state index contributed by atoms with van der Waals surface area (Å²) in [5.41, 5.74) is 1.78. The lowest BCUT2D eigenvalue weighted by atomic mass is 10.1. The second-order valence-electron chi connectivity index (χ2n) is 2.95. The average molecular weight is 138 g/mol. The fourth-order valence-electron chi connectivity index (χ4n) is 2.01. The number of allylic oxidation sites excluding steroid dienone is 2. The minimum Gasteiger partial charge on any atom is -0.0850 e. The Bertz CT molecular complexity index is 122. The van der Waals surface area contributed by atoms with Crippen molar-refractivity contribution in [2.24, 2.45) is 5.92 Å². The molecular weight excluding hydrogens is 120 g/mol. The van der Waals surface area contributed by atoms with E-state index < -0.39 is 0 Å². The molecule has 0 amide bonds. The lowest BCUT2D eigenvalue weighted by molar-refractivity contribution is 0.610. The van der Waals surface area contributed by atoms with Gasteiger partial charge in [0, 0.05) is 0 Å². The maximum absolute atomic E-state index is 2.46. The van der Waals surface area contributed by atoms with Gasteiger partial charge in [0.1, 0.15) is 0 Å². The molecule has 2 aliphatic carbocycles. The Morgan fingerprint density at radius 1 is 1.30 bits per heavy atom.